The van der Waals surface area contributed by atoms with Gasteiger partial charge in [0.15, 0.2) is 9.84 Å². The predicted molar refractivity (Wildman–Crippen MR) is 87.5 cm³/mol. The summed E-state index contributed by atoms with van der Waals surface area (Å²) < 4.78 is 29.6. The largest absolute Gasteiger partial charge is 0.468 e. The Labute approximate surface area is 138 Å². The van der Waals surface area contributed by atoms with E-state index in [0.29, 0.717) is 31.2 Å². The summed E-state index contributed by atoms with van der Waals surface area (Å²) in [5, 5.41) is -0.439. The summed E-state index contributed by atoms with van der Waals surface area (Å²) in [6.07, 6.45) is 9.39. The molecule has 0 bridgehead atoms. The lowest BCUT2D eigenvalue weighted by Crippen LogP contribution is -2.57. The molecule has 128 valence electrons. The first-order valence-corrected chi connectivity index (χ1v) is 10.3. The van der Waals surface area contributed by atoms with Crippen molar-refractivity contribution in [2.45, 2.75) is 55.9 Å². The first kappa shape index (κ1) is 16.6. The second-order valence-electron chi connectivity index (χ2n) is 6.85. The van der Waals surface area contributed by atoms with Crippen molar-refractivity contribution in [1.82, 2.24) is 4.90 Å². The van der Waals surface area contributed by atoms with Crippen LogP contribution in [-0.2, 0) is 20.4 Å². The average molecular weight is 339 g/mol. The molecule has 1 amide bonds. The maximum atomic E-state index is 12.3. The van der Waals surface area contributed by atoms with Crippen LogP contribution in [0, 0.1) is 5.92 Å². The smallest absolute Gasteiger partial charge is 0.222 e. The number of carbonyl (C=O) groups is 1. The Hall–Kier alpha value is -1.30. The van der Waals surface area contributed by atoms with E-state index in [2.05, 4.69) is 0 Å². The Kier molecular flexibility index (Phi) is 5.09. The molecule has 5 nitrogen and oxygen atoms in total. The van der Waals surface area contributed by atoms with Gasteiger partial charge in [0, 0.05) is 19.5 Å². The Morgan fingerprint density at radius 3 is 2.61 bits per heavy atom. The highest BCUT2D eigenvalue weighted by Crippen LogP contribution is 2.28. The normalized spacial score (nSPS) is 20.4. The number of sulfone groups is 1. The van der Waals surface area contributed by atoms with E-state index < -0.39 is 15.1 Å². The van der Waals surface area contributed by atoms with Gasteiger partial charge in [0.2, 0.25) is 5.91 Å². The molecular formula is C17H25NO4S. The molecule has 6 heteroatoms. The molecule has 1 aromatic rings. The van der Waals surface area contributed by atoms with Crippen LogP contribution in [0.2, 0.25) is 0 Å². The highest BCUT2D eigenvalue weighted by molar-refractivity contribution is 7.91. The first-order valence-electron chi connectivity index (χ1n) is 8.56. The zero-order chi connectivity index (χ0) is 16.3. The molecule has 1 aliphatic carbocycles. The lowest BCUT2D eigenvalue weighted by molar-refractivity contribution is -0.134. The van der Waals surface area contributed by atoms with Crippen LogP contribution in [0.1, 0.15) is 50.7 Å². The van der Waals surface area contributed by atoms with Gasteiger partial charge in [-0.25, -0.2) is 8.42 Å². The van der Waals surface area contributed by atoms with E-state index in [1.54, 1.807) is 17.0 Å². The topological polar surface area (TPSA) is 67.6 Å². The first-order chi connectivity index (χ1) is 11.0. The zero-order valence-electron chi connectivity index (χ0n) is 13.4. The molecule has 3 rings (SSSR count). The minimum absolute atomic E-state index is 0.0746. The van der Waals surface area contributed by atoms with Crippen LogP contribution in [0.15, 0.2) is 22.8 Å². The van der Waals surface area contributed by atoms with Gasteiger partial charge in [-0.2, -0.15) is 0 Å². The number of hydrogen-bond acceptors (Lipinski definition) is 4. The van der Waals surface area contributed by atoms with Crippen molar-refractivity contribution in [3.8, 4) is 0 Å². The lowest BCUT2D eigenvalue weighted by atomic mass is 9.86. The fraction of sp³-hybridized carbons (Fsp3) is 0.706. The van der Waals surface area contributed by atoms with Crippen molar-refractivity contribution in [1.29, 1.82) is 0 Å². The van der Waals surface area contributed by atoms with Gasteiger partial charge in [-0.1, -0.05) is 32.1 Å². The minimum Gasteiger partial charge on any atom is -0.468 e. The molecular weight excluding hydrogens is 314 g/mol. The van der Waals surface area contributed by atoms with Gasteiger partial charge >= 0.3 is 0 Å². The highest BCUT2D eigenvalue weighted by atomic mass is 32.2. The highest BCUT2D eigenvalue weighted by Gasteiger charge is 2.39. The van der Waals surface area contributed by atoms with Crippen LogP contribution < -0.4 is 0 Å². The van der Waals surface area contributed by atoms with E-state index in [1.807, 2.05) is 0 Å². The summed E-state index contributed by atoms with van der Waals surface area (Å²) in [5.41, 5.74) is 0. The SMILES string of the molecule is O=C(CCC1CCCCC1)N1CC(S(=O)(=O)Cc2ccco2)C1. The fourth-order valence-electron chi connectivity index (χ4n) is 3.54. The molecule has 1 saturated carbocycles. The Morgan fingerprint density at radius 2 is 1.96 bits per heavy atom. The van der Waals surface area contributed by atoms with Gasteiger partial charge in [-0.15, -0.1) is 0 Å². The van der Waals surface area contributed by atoms with Gasteiger partial charge in [-0.3, -0.25) is 4.79 Å². The molecule has 0 N–H and O–H groups in total. The predicted octanol–water partition coefficient (Wildman–Crippen LogP) is 2.77. The van der Waals surface area contributed by atoms with Crippen LogP contribution >= 0.6 is 0 Å². The molecule has 23 heavy (non-hydrogen) atoms. The van der Waals surface area contributed by atoms with Crippen molar-refractivity contribution >= 4 is 15.7 Å². The molecule has 2 fully saturated rings. The third kappa shape index (κ3) is 4.16. The van der Waals surface area contributed by atoms with Gasteiger partial charge < -0.3 is 9.32 Å². The molecule has 0 radical (unpaired) electrons. The number of nitrogens with zero attached hydrogens (tertiary/aromatic N) is 1. The lowest BCUT2D eigenvalue weighted by Gasteiger charge is -2.39. The standard InChI is InChI=1S/C17H25NO4S/c19-17(9-8-14-5-2-1-3-6-14)18-11-16(12-18)23(20,21)13-15-7-4-10-22-15/h4,7,10,14,16H,1-3,5-6,8-9,11-13H2. The fourth-order valence-corrected chi connectivity index (χ4v) is 5.15. The monoisotopic (exact) mass is 339 g/mol. The second-order valence-corrected chi connectivity index (χ2v) is 9.13. The zero-order valence-corrected chi connectivity index (χ0v) is 14.3. The van der Waals surface area contributed by atoms with Gasteiger partial charge in [0.05, 0.1) is 11.5 Å². The molecule has 1 saturated heterocycles. The summed E-state index contributed by atoms with van der Waals surface area (Å²) >= 11 is 0. The third-order valence-electron chi connectivity index (χ3n) is 5.12. The summed E-state index contributed by atoms with van der Waals surface area (Å²) in [6, 6.07) is 3.36. The number of hydrogen-bond donors (Lipinski definition) is 0. The summed E-state index contributed by atoms with van der Waals surface area (Å²) in [7, 11) is -3.24. The summed E-state index contributed by atoms with van der Waals surface area (Å²) in [4.78, 5) is 13.9. The molecule has 0 spiro atoms. The quantitative estimate of drug-likeness (QED) is 0.799. The molecule has 2 aliphatic rings. The number of furan rings is 1. The number of carbonyl (C=O) groups excluding carboxylic acids is 1. The third-order valence-corrected chi connectivity index (χ3v) is 7.12. The van der Waals surface area contributed by atoms with Crippen LogP contribution in [0.4, 0.5) is 0 Å². The molecule has 1 aromatic heterocycles. The molecule has 2 heterocycles. The number of amides is 1. The van der Waals surface area contributed by atoms with Gasteiger partial charge in [-0.05, 0) is 24.5 Å². The van der Waals surface area contributed by atoms with Gasteiger partial charge in [0.25, 0.3) is 0 Å². The molecule has 0 aromatic carbocycles. The van der Waals surface area contributed by atoms with Crippen molar-refractivity contribution in [2.24, 2.45) is 5.92 Å². The van der Waals surface area contributed by atoms with Crippen molar-refractivity contribution in [3.63, 3.8) is 0 Å². The summed E-state index contributed by atoms with van der Waals surface area (Å²) in [6.45, 7) is 0.680. The Morgan fingerprint density at radius 1 is 1.22 bits per heavy atom. The van der Waals surface area contributed by atoms with E-state index in [9.17, 15) is 13.2 Å². The average Bonchev–Trinajstić information content (AvgIpc) is 2.96. The van der Waals surface area contributed by atoms with E-state index in [0.717, 1.165) is 6.42 Å². The van der Waals surface area contributed by atoms with E-state index in [-0.39, 0.29) is 11.7 Å². The van der Waals surface area contributed by atoms with E-state index in [4.69, 9.17) is 4.42 Å². The molecule has 1 aliphatic heterocycles. The van der Waals surface area contributed by atoms with Crippen LogP contribution in [-0.4, -0.2) is 37.6 Å². The van der Waals surface area contributed by atoms with Crippen LogP contribution in [0.25, 0.3) is 0 Å². The molecule has 0 atom stereocenters. The minimum atomic E-state index is -3.24. The maximum Gasteiger partial charge on any atom is 0.222 e. The van der Waals surface area contributed by atoms with Crippen LogP contribution in [0.3, 0.4) is 0 Å². The summed E-state index contributed by atoms with van der Waals surface area (Å²) in [5.74, 6) is 1.19. The Bertz CT molecular complexity index is 611. The second kappa shape index (κ2) is 7.07. The van der Waals surface area contributed by atoms with Crippen LogP contribution in [0.5, 0.6) is 0 Å². The van der Waals surface area contributed by atoms with E-state index >= 15 is 0 Å². The van der Waals surface area contributed by atoms with Gasteiger partial charge in [0.1, 0.15) is 11.5 Å². The van der Waals surface area contributed by atoms with E-state index in [1.165, 1.54) is 38.4 Å². The maximum absolute atomic E-state index is 12.3. The molecule has 0 unspecified atom stereocenters. The Balaban J connectivity index is 1.42. The van der Waals surface area contributed by atoms with Crippen molar-refractivity contribution in [2.75, 3.05) is 13.1 Å². The van der Waals surface area contributed by atoms with Crippen molar-refractivity contribution in [3.05, 3.63) is 24.2 Å². The van der Waals surface area contributed by atoms with Crippen molar-refractivity contribution < 1.29 is 17.6 Å². The number of rotatable bonds is 6. The number of likely N-dealkylation sites (tertiary alicyclic amines) is 1.